The summed E-state index contributed by atoms with van der Waals surface area (Å²) in [5.74, 6) is 0. The van der Waals surface area contributed by atoms with Crippen LogP contribution in [-0.4, -0.2) is 32.9 Å². The summed E-state index contributed by atoms with van der Waals surface area (Å²) < 4.78 is 0. The summed E-state index contributed by atoms with van der Waals surface area (Å²) in [6.45, 7) is 0. The molecular weight excluding hydrogens is 337 g/mol. The van der Waals surface area contributed by atoms with Crippen molar-refractivity contribution in [3.05, 3.63) is 0 Å². The van der Waals surface area contributed by atoms with Crippen LogP contribution in [0, 0.1) is 0 Å². The van der Waals surface area contributed by atoms with Gasteiger partial charge in [0.1, 0.15) is 0 Å². The minimum atomic E-state index is 0. The summed E-state index contributed by atoms with van der Waals surface area (Å²) in [4.78, 5) is 0. The molecule has 9 heteroatoms. The Balaban J connectivity index is 0. The Bertz CT molecular complexity index is 11.0. The molecule has 0 aromatic rings. The maximum absolute atomic E-state index is 0. The van der Waals surface area contributed by atoms with E-state index < -0.39 is 0 Å². The Morgan fingerprint density at radius 3 is 0.444 bits per heavy atom. The van der Waals surface area contributed by atoms with E-state index in [1.807, 2.05) is 0 Å². The largest absolute Gasteiger partial charge is 1.00 e. The first-order valence-corrected chi connectivity index (χ1v) is 0. The molecule has 9 heavy (non-hydrogen) atoms. The summed E-state index contributed by atoms with van der Waals surface area (Å²) in [7, 11) is 0. The van der Waals surface area contributed by atoms with Crippen LogP contribution in [0.2, 0.25) is 0 Å². The van der Waals surface area contributed by atoms with E-state index in [2.05, 4.69) is 0 Å². The molecule has 10 N–H and O–H groups in total. The number of hydrogen-bond acceptors (Lipinski definition) is 2. The molecule has 0 rings (SSSR count). The number of hydrogen-bond donors (Lipinski definition) is 0. The van der Waals surface area contributed by atoms with Crippen LogP contribution in [0.25, 0.3) is 0 Å². The predicted molar refractivity (Wildman–Crippen MR) is 18.3 cm³/mol. The Labute approximate surface area is 111 Å². The van der Waals surface area contributed by atoms with E-state index in [-0.39, 0.29) is 113 Å². The minimum absolute atomic E-state index is 0. The van der Waals surface area contributed by atoms with Crippen molar-refractivity contribution in [2.45, 2.75) is 0 Å². The Hall–Kier alpha value is 2.45. The van der Waals surface area contributed by atoms with Crippen molar-refractivity contribution in [1.82, 2.24) is 0 Å². The molecule has 58 valence electrons. The molecule has 0 saturated heterocycles. The van der Waals surface area contributed by atoms with Crippen molar-refractivity contribution in [2.24, 2.45) is 0 Å². The van der Waals surface area contributed by atoms with Gasteiger partial charge in [0, 0.05) is 21.1 Å². The Morgan fingerprint density at radius 1 is 0.444 bits per heavy atom. The first kappa shape index (κ1) is 208. The molecule has 0 amide bonds. The van der Waals surface area contributed by atoms with Gasteiger partial charge in [0.05, 0.1) is 0 Å². The fourth-order valence-electron chi connectivity index (χ4n) is 0. The van der Waals surface area contributed by atoms with Crippen LogP contribution in [0.5, 0.6) is 0 Å². The van der Waals surface area contributed by atoms with Crippen molar-refractivity contribution >= 4 is 0 Å². The molecule has 0 heterocycles. The van der Waals surface area contributed by atoms with E-state index in [0.717, 1.165) is 0 Å². The van der Waals surface area contributed by atoms with Crippen LogP contribution in [0.1, 0.15) is 0 Å². The van der Waals surface area contributed by atoms with Gasteiger partial charge in [-0.15, -0.1) is 0 Å². The van der Waals surface area contributed by atoms with Crippen LogP contribution in [-0.2, 0) is 21.1 Å². The topological polar surface area (TPSA) is 186 Å². The molecule has 0 aliphatic heterocycles. The summed E-state index contributed by atoms with van der Waals surface area (Å²) in [5.41, 5.74) is 0. The van der Waals surface area contributed by atoms with Crippen LogP contribution < -0.4 is 59.1 Å². The maximum Gasteiger partial charge on any atom is 1.00 e. The molecule has 6 nitrogen and oxygen atoms in total. The minimum Gasteiger partial charge on any atom is -0.870 e. The van der Waals surface area contributed by atoms with Gasteiger partial charge in [-0.05, 0) is 0 Å². The first-order valence-electron chi connectivity index (χ1n) is 0. The normalized spacial score (nSPS) is 0. The maximum atomic E-state index is 0. The fraction of sp³-hybridized carbons (Fsp3) is 0. The molecule has 0 atom stereocenters. The zero-order valence-corrected chi connectivity index (χ0v) is 11.5. The quantitative estimate of drug-likeness (QED) is 0.394. The molecule has 0 radical (unpaired) electrons. The standard InChI is InChI=1S/2Na.6H2O.Pt/h;;6*1H2;/q2*+1;;;;;;;/p-2. The van der Waals surface area contributed by atoms with E-state index in [4.69, 9.17) is 0 Å². The van der Waals surface area contributed by atoms with Crippen molar-refractivity contribution in [3.63, 3.8) is 0 Å². The van der Waals surface area contributed by atoms with E-state index in [0.29, 0.717) is 0 Å². The van der Waals surface area contributed by atoms with Crippen molar-refractivity contribution < 1.29 is 113 Å². The Kier molecular flexibility index (Phi) is 3600. The van der Waals surface area contributed by atoms with Crippen molar-refractivity contribution in [3.8, 4) is 0 Å². The molecule has 0 unspecified atom stereocenters. The van der Waals surface area contributed by atoms with E-state index in [1.165, 1.54) is 0 Å². The summed E-state index contributed by atoms with van der Waals surface area (Å²) in [6, 6.07) is 0. The third-order valence-electron chi connectivity index (χ3n) is 0. The molecule has 0 spiro atoms. The van der Waals surface area contributed by atoms with Gasteiger partial charge in [0.2, 0.25) is 0 Å². The first-order chi connectivity index (χ1) is 0. The summed E-state index contributed by atoms with van der Waals surface area (Å²) in [5, 5.41) is 0. The van der Waals surface area contributed by atoms with Gasteiger partial charge in [-0.25, -0.2) is 0 Å². The van der Waals surface area contributed by atoms with Crippen LogP contribution in [0.4, 0.5) is 0 Å². The third-order valence-corrected chi connectivity index (χ3v) is 0. The van der Waals surface area contributed by atoms with E-state index >= 15 is 0 Å². The van der Waals surface area contributed by atoms with E-state index in [1.54, 1.807) is 0 Å². The molecule has 0 bridgehead atoms. The molecule has 0 aliphatic rings. The molecule has 0 fully saturated rings. The molecular formula is H10Na2O6Pt. The van der Waals surface area contributed by atoms with Gasteiger partial charge < -0.3 is 32.9 Å². The average molecular weight is 347 g/mol. The Morgan fingerprint density at radius 2 is 0.444 bits per heavy atom. The van der Waals surface area contributed by atoms with Crippen molar-refractivity contribution in [1.29, 1.82) is 0 Å². The van der Waals surface area contributed by atoms with Gasteiger partial charge in [-0.1, -0.05) is 0 Å². The predicted octanol–water partition coefficient (Wildman–Crippen LogP) is -9.65. The molecule has 0 aliphatic carbocycles. The smallest absolute Gasteiger partial charge is 0.870 e. The van der Waals surface area contributed by atoms with Crippen LogP contribution in [0.3, 0.4) is 0 Å². The van der Waals surface area contributed by atoms with Gasteiger partial charge in [-0.3, -0.25) is 0 Å². The second kappa shape index (κ2) is 156. The summed E-state index contributed by atoms with van der Waals surface area (Å²) in [6.07, 6.45) is 0. The molecule has 0 aromatic heterocycles. The molecule has 0 saturated carbocycles. The third kappa shape index (κ3) is 124. The zero-order chi connectivity index (χ0) is 0. The van der Waals surface area contributed by atoms with Crippen LogP contribution in [0.15, 0.2) is 0 Å². The second-order valence-electron chi connectivity index (χ2n) is 0. The van der Waals surface area contributed by atoms with E-state index in [9.17, 15) is 0 Å². The average Bonchev–Trinajstić information content (AvgIpc) is 0. The SMILES string of the molecule is O.O.O.O.[Na+].[Na+].[OH-].[OH-].[Pt]. The fourth-order valence-corrected chi connectivity index (χ4v) is 0. The van der Waals surface area contributed by atoms with Gasteiger partial charge in [-0.2, -0.15) is 0 Å². The van der Waals surface area contributed by atoms with Crippen LogP contribution >= 0.6 is 0 Å². The van der Waals surface area contributed by atoms with Crippen molar-refractivity contribution in [2.75, 3.05) is 0 Å². The van der Waals surface area contributed by atoms with Gasteiger partial charge in [0.25, 0.3) is 0 Å². The monoisotopic (exact) mass is 347 g/mol. The summed E-state index contributed by atoms with van der Waals surface area (Å²) >= 11 is 0. The van der Waals surface area contributed by atoms with Gasteiger partial charge in [0.15, 0.2) is 0 Å². The zero-order valence-electron chi connectivity index (χ0n) is 5.21. The number of rotatable bonds is 0. The second-order valence-corrected chi connectivity index (χ2v) is 0. The van der Waals surface area contributed by atoms with Gasteiger partial charge >= 0.3 is 59.1 Å². The molecule has 0 aromatic carbocycles.